The molecule has 0 aromatic rings. The lowest BCUT2D eigenvalue weighted by molar-refractivity contribution is -0.155. The molecule has 0 radical (unpaired) electrons. The van der Waals surface area contributed by atoms with Crippen molar-refractivity contribution in [1.29, 1.82) is 0 Å². The summed E-state index contributed by atoms with van der Waals surface area (Å²) >= 11 is 1.54. The number of amides is 1. The van der Waals surface area contributed by atoms with Crippen LogP contribution in [0.5, 0.6) is 0 Å². The zero-order valence-electron chi connectivity index (χ0n) is 32.1. The number of rotatable bonds is 34. The second kappa shape index (κ2) is 33.8. The van der Waals surface area contributed by atoms with E-state index in [0.29, 0.717) is 31.1 Å². The Balaban J connectivity index is 2.63. The van der Waals surface area contributed by atoms with Crippen LogP contribution in [0.3, 0.4) is 0 Å². The second-order valence-electron chi connectivity index (χ2n) is 14.0. The summed E-state index contributed by atoms with van der Waals surface area (Å²) in [6.45, 7) is 12.1. The largest absolute Gasteiger partial charge is 0.466 e. The van der Waals surface area contributed by atoms with Crippen LogP contribution in [-0.4, -0.2) is 86.4 Å². The van der Waals surface area contributed by atoms with Crippen LogP contribution in [-0.2, 0) is 28.6 Å². The van der Waals surface area contributed by atoms with Gasteiger partial charge in [-0.05, 0) is 45.1 Å². The summed E-state index contributed by atoms with van der Waals surface area (Å²) in [5, 5.41) is 3.04. The van der Waals surface area contributed by atoms with E-state index in [4.69, 9.17) is 14.2 Å². The lowest BCUT2D eigenvalue weighted by atomic mass is 10.0. The van der Waals surface area contributed by atoms with Crippen molar-refractivity contribution in [1.82, 2.24) is 10.2 Å². The minimum absolute atomic E-state index is 0.0918. The molecule has 0 aliphatic carbocycles. The number of hydrogen-bond acceptors (Lipinski definition) is 8. The first kappa shape index (κ1) is 45.7. The maximum atomic E-state index is 13.6. The number of carbonyl (C=O) groups is 3. The SMILES string of the molecule is CCCCCCCCOC(=O)CCSCC(CC(=O)NCCCN1CCOCC1)C(=O)OC(CCCCCCCC)CCCCCCCC. The standard InChI is InChI=1S/C40H76N2O6S/c1-4-7-10-13-16-19-23-37(24-20-17-14-11-8-5-2)48-40(45)36(34-38(43)41-26-22-27-42-28-31-46-32-29-42)35-49-33-25-39(44)47-30-21-18-15-12-9-6-3/h36-37H,4-35H2,1-3H3,(H,41,43). The smallest absolute Gasteiger partial charge is 0.310 e. The molecule has 288 valence electrons. The highest BCUT2D eigenvalue weighted by Crippen LogP contribution is 2.21. The summed E-state index contributed by atoms with van der Waals surface area (Å²) in [5.41, 5.74) is 0. The van der Waals surface area contributed by atoms with Gasteiger partial charge < -0.3 is 19.5 Å². The van der Waals surface area contributed by atoms with Gasteiger partial charge in [0.25, 0.3) is 0 Å². The maximum absolute atomic E-state index is 13.6. The molecule has 0 spiro atoms. The number of thioether (sulfide) groups is 1. The zero-order valence-corrected chi connectivity index (χ0v) is 32.9. The molecule has 0 bridgehead atoms. The highest BCUT2D eigenvalue weighted by Gasteiger charge is 2.26. The molecule has 1 saturated heterocycles. The molecule has 1 rings (SSSR count). The van der Waals surface area contributed by atoms with Gasteiger partial charge >= 0.3 is 11.9 Å². The molecule has 1 atom stereocenters. The van der Waals surface area contributed by atoms with Gasteiger partial charge in [0.1, 0.15) is 6.10 Å². The first-order valence-corrected chi connectivity index (χ1v) is 21.7. The zero-order chi connectivity index (χ0) is 35.6. The summed E-state index contributed by atoms with van der Waals surface area (Å²) in [7, 11) is 0. The molecule has 0 aromatic heterocycles. The fourth-order valence-corrected chi connectivity index (χ4v) is 7.23. The van der Waals surface area contributed by atoms with Crippen molar-refractivity contribution in [3.63, 3.8) is 0 Å². The third-order valence-electron chi connectivity index (χ3n) is 9.41. The first-order chi connectivity index (χ1) is 24.0. The fraction of sp³-hybridized carbons (Fsp3) is 0.925. The number of nitrogens with zero attached hydrogens (tertiary/aromatic N) is 1. The average molecular weight is 713 g/mol. The van der Waals surface area contributed by atoms with Crippen molar-refractivity contribution in [2.24, 2.45) is 5.92 Å². The van der Waals surface area contributed by atoms with E-state index in [0.717, 1.165) is 77.8 Å². The molecule has 1 heterocycles. The molecule has 1 unspecified atom stereocenters. The van der Waals surface area contributed by atoms with Gasteiger partial charge in [-0.15, -0.1) is 0 Å². The van der Waals surface area contributed by atoms with Crippen molar-refractivity contribution in [3.8, 4) is 0 Å². The number of ether oxygens (including phenoxy) is 3. The first-order valence-electron chi connectivity index (χ1n) is 20.5. The van der Waals surface area contributed by atoms with Crippen molar-refractivity contribution in [3.05, 3.63) is 0 Å². The van der Waals surface area contributed by atoms with Crippen LogP contribution in [0.25, 0.3) is 0 Å². The lowest BCUT2D eigenvalue weighted by Crippen LogP contribution is -2.38. The predicted octanol–water partition coefficient (Wildman–Crippen LogP) is 9.27. The molecule has 1 aliphatic rings. The summed E-state index contributed by atoms with van der Waals surface area (Å²) in [4.78, 5) is 41.3. The summed E-state index contributed by atoms with van der Waals surface area (Å²) < 4.78 is 17.1. The Morgan fingerprint density at radius 2 is 1.29 bits per heavy atom. The van der Waals surface area contributed by atoms with Gasteiger partial charge in [-0.3, -0.25) is 19.3 Å². The number of nitrogens with one attached hydrogen (secondary N) is 1. The summed E-state index contributed by atoms with van der Waals surface area (Å²) in [6.07, 6.45) is 24.5. The minimum atomic E-state index is -0.528. The van der Waals surface area contributed by atoms with Crippen molar-refractivity contribution >= 4 is 29.6 Å². The Labute approximate surface area is 305 Å². The normalized spacial score (nSPS) is 14.2. The van der Waals surface area contributed by atoms with E-state index in [1.807, 2.05) is 0 Å². The topological polar surface area (TPSA) is 94.2 Å². The van der Waals surface area contributed by atoms with Gasteiger partial charge in [0.2, 0.25) is 5.91 Å². The van der Waals surface area contributed by atoms with Gasteiger partial charge in [0.15, 0.2) is 0 Å². The molecule has 1 amide bonds. The average Bonchev–Trinajstić information content (AvgIpc) is 3.10. The third kappa shape index (κ3) is 28.0. The Morgan fingerprint density at radius 1 is 0.735 bits per heavy atom. The van der Waals surface area contributed by atoms with Crippen LogP contribution < -0.4 is 5.32 Å². The molecule has 1 N–H and O–H groups in total. The molecule has 0 saturated carbocycles. The predicted molar refractivity (Wildman–Crippen MR) is 205 cm³/mol. The Kier molecular flexibility index (Phi) is 31.5. The van der Waals surface area contributed by atoms with Gasteiger partial charge in [0, 0.05) is 37.6 Å². The third-order valence-corrected chi connectivity index (χ3v) is 10.5. The minimum Gasteiger partial charge on any atom is -0.466 e. The monoisotopic (exact) mass is 713 g/mol. The Morgan fingerprint density at radius 3 is 1.88 bits per heavy atom. The molecule has 0 aromatic carbocycles. The van der Waals surface area contributed by atoms with Crippen LogP contribution in [0, 0.1) is 5.92 Å². The molecule has 8 nitrogen and oxygen atoms in total. The fourth-order valence-electron chi connectivity index (χ4n) is 6.21. The highest BCUT2D eigenvalue weighted by molar-refractivity contribution is 7.99. The molecule has 9 heteroatoms. The van der Waals surface area contributed by atoms with Crippen LogP contribution in [0.15, 0.2) is 0 Å². The quantitative estimate of drug-likeness (QED) is 0.0521. The van der Waals surface area contributed by atoms with Gasteiger partial charge in [-0.25, -0.2) is 0 Å². The van der Waals surface area contributed by atoms with E-state index in [9.17, 15) is 14.4 Å². The summed E-state index contributed by atoms with van der Waals surface area (Å²) in [5.74, 6) is -0.0453. The maximum Gasteiger partial charge on any atom is 0.310 e. The van der Waals surface area contributed by atoms with Crippen LogP contribution >= 0.6 is 11.8 Å². The van der Waals surface area contributed by atoms with Crippen LogP contribution in [0.4, 0.5) is 0 Å². The van der Waals surface area contributed by atoms with E-state index in [2.05, 4.69) is 31.0 Å². The van der Waals surface area contributed by atoms with Crippen molar-refractivity contribution in [2.75, 3.05) is 57.5 Å². The summed E-state index contributed by atoms with van der Waals surface area (Å²) in [6, 6.07) is 0. The van der Waals surface area contributed by atoms with Gasteiger partial charge in [-0.2, -0.15) is 11.8 Å². The number of morpholine rings is 1. The highest BCUT2D eigenvalue weighted by atomic mass is 32.2. The molecular formula is C40H76N2O6S. The molecule has 49 heavy (non-hydrogen) atoms. The lowest BCUT2D eigenvalue weighted by Gasteiger charge is -2.26. The molecular weight excluding hydrogens is 637 g/mol. The number of unbranched alkanes of at least 4 members (excludes halogenated alkanes) is 15. The van der Waals surface area contributed by atoms with E-state index < -0.39 is 5.92 Å². The van der Waals surface area contributed by atoms with Crippen molar-refractivity contribution in [2.45, 2.75) is 175 Å². The molecule has 1 fully saturated rings. The number of esters is 2. The number of carbonyl (C=O) groups excluding carboxylic acids is 3. The van der Waals surface area contributed by atoms with E-state index in [-0.39, 0.29) is 30.4 Å². The molecule has 1 aliphatic heterocycles. The van der Waals surface area contributed by atoms with Crippen LogP contribution in [0.1, 0.15) is 168 Å². The van der Waals surface area contributed by atoms with Gasteiger partial charge in [-0.1, -0.05) is 117 Å². The Bertz CT molecular complexity index is 779. The Hall–Kier alpha value is -1.32. The van der Waals surface area contributed by atoms with E-state index in [1.54, 1.807) is 11.8 Å². The second-order valence-corrected chi connectivity index (χ2v) is 15.2. The number of hydrogen-bond donors (Lipinski definition) is 1. The van der Waals surface area contributed by atoms with Crippen LogP contribution in [0.2, 0.25) is 0 Å². The van der Waals surface area contributed by atoms with E-state index >= 15 is 0 Å². The van der Waals surface area contributed by atoms with Crippen molar-refractivity contribution < 1.29 is 28.6 Å². The van der Waals surface area contributed by atoms with E-state index in [1.165, 1.54) is 89.9 Å². The van der Waals surface area contributed by atoms with Gasteiger partial charge in [0.05, 0.1) is 32.2 Å².